The van der Waals surface area contributed by atoms with Crippen LogP contribution in [-0.4, -0.2) is 117 Å². The number of halogens is 2. The third kappa shape index (κ3) is 10.5. The molecule has 8 rings (SSSR count). The van der Waals surface area contributed by atoms with Crippen LogP contribution in [0.1, 0.15) is 0 Å². The molecule has 0 saturated heterocycles. The molecular formula is C24H20CaCl2N20O4. The maximum atomic E-state index is 11.1. The van der Waals surface area contributed by atoms with Crippen molar-refractivity contribution >= 4 is 106 Å². The Bertz CT molecular complexity index is 2290. The second-order valence-electron chi connectivity index (χ2n) is 8.72. The molecule has 51 heavy (non-hydrogen) atoms. The zero-order chi connectivity index (χ0) is 34.2. The fourth-order valence-electron chi connectivity index (χ4n) is 3.56. The summed E-state index contributed by atoms with van der Waals surface area (Å²) in [7, 11) is 0. The molecule has 256 valence electrons. The first-order chi connectivity index (χ1) is 23.1. The van der Waals surface area contributed by atoms with E-state index in [0.717, 1.165) is 0 Å². The third-order valence-corrected chi connectivity index (χ3v) is 5.45. The molecular weight excluding hydrogens is 743 g/mol. The molecule has 27 heteroatoms. The number of nitrogens with two attached hydrogens (primary N) is 4. The van der Waals surface area contributed by atoms with E-state index in [0.29, 0.717) is 0 Å². The van der Waals surface area contributed by atoms with Crippen LogP contribution in [-0.2, 0) is 0 Å². The Labute approximate surface area is 322 Å². The van der Waals surface area contributed by atoms with E-state index in [1.165, 1.54) is 49.6 Å². The van der Waals surface area contributed by atoms with Crippen molar-refractivity contribution in [2.45, 2.75) is 0 Å². The molecule has 12 N–H and O–H groups in total. The summed E-state index contributed by atoms with van der Waals surface area (Å²) < 4.78 is 0. The summed E-state index contributed by atoms with van der Waals surface area (Å²) in [5.74, 6) is 0.196. The standard InChI is InChI=1S/4C6H5N5O.Ca.2ClH/c4*7-6-10-4-3(5(12)11-6)8-1-2-9-4;;;/h4*1-2H,(H3,7,9,10,11,12);;2*1H/q;;;;+2;;/p-2. The molecule has 0 fully saturated rings. The Morgan fingerprint density at radius 1 is 0.353 bits per heavy atom. The minimum absolute atomic E-state index is 0. The SMILES string of the molecule is Nc1nc2nccnc2c(=O)[nH]1.Nc1nc2nccnc2c(=O)[nH]1.Nc1nc2nccnc2c(=O)[nH]1.Nc1nc2nccnc2c(=O)[nH]1.[Ca+2].[Cl-].[Cl-]. The van der Waals surface area contributed by atoms with E-state index in [-0.39, 0.29) is 153 Å². The quantitative estimate of drug-likeness (QED) is 0.0665. The molecule has 0 aliphatic rings. The Morgan fingerprint density at radius 3 is 0.725 bits per heavy atom. The first-order valence-corrected chi connectivity index (χ1v) is 12.9. The number of fused-ring (bicyclic) bond motifs is 4. The minimum atomic E-state index is -0.370. The van der Waals surface area contributed by atoms with Gasteiger partial charge in [-0.2, -0.15) is 19.9 Å². The van der Waals surface area contributed by atoms with Crippen LogP contribution in [0, 0.1) is 0 Å². The van der Waals surface area contributed by atoms with Crippen LogP contribution in [0.3, 0.4) is 0 Å². The van der Waals surface area contributed by atoms with Gasteiger partial charge in [-0.3, -0.25) is 39.1 Å². The normalized spacial score (nSPS) is 9.73. The van der Waals surface area contributed by atoms with Crippen LogP contribution in [0.15, 0.2) is 68.8 Å². The summed E-state index contributed by atoms with van der Waals surface area (Å²) in [5.41, 5.74) is 21.5. The van der Waals surface area contributed by atoms with E-state index >= 15 is 0 Å². The number of H-pyrrole nitrogens is 4. The number of nitrogens with one attached hydrogen (secondary N) is 4. The summed E-state index contributed by atoms with van der Waals surface area (Å²) >= 11 is 0. The zero-order valence-electron chi connectivity index (χ0n) is 25.4. The van der Waals surface area contributed by atoms with Gasteiger partial charge in [0.05, 0.1) is 0 Å². The van der Waals surface area contributed by atoms with Crippen molar-refractivity contribution in [2.24, 2.45) is 0 Å². The van der Waals surface area contributed by atoms with Gasteiger partial charge in [-0.15, -0.1) is 0 Å². The van der Waals surface area contributed by atoms with Gasteiger partial charge < -0.3 is 47.7 Å². The number of aromatic nitrogens is 16. The monoisotopic (exact) mass is 762 g/mol. The summed E-state index contributed by atoms with van der Waals surface area (Å²) in [6, 6.07) is 0. The number of nitrogens with zero attached hydrogens (tertiary/aromatic N) is 12. The van der Waals surface area contributed by atoms with Gasteiger partial charge in [0.1, 0.15) is 0 Å². The fourth-order valence-corrected chi connectivity index (χ4v) is 3.56. The minimum Gasteiger partial charge on any atom is -1.00 e. The van der Waals surface area contributed by atoms with Gasteiger partial charge in [0.25, 0.3) is 22.2 Å². The number of anilines is 4. The number of hydrogen-bond donors (Lipinski definition) is 8. The predicted molar refractivity (Wildman–Crippen MR) is 175 cm³/mol. The molecule has 8 aromatic rings. The van der Waals surface area contributed by atoms with Crippen molar-refractivity contribution in [1.29, 1.82) is 0 Å². The van der Waals surface area contributed by atoms with Crippen LogP contribution >= 0.6 is 0 Å². The maximum absolute atomic E-state index is 11.1. The number of aromatic amines is 4. The summed E-state index contributed by atoms with van der Waals surface area (Å²) in [6.07, 6.45) is 11.5. The smallest absolute Gasteiger partial charge is 1.00 e. The fraction of sp³-hybridized carbons (Fsp3) is 0. The maximum Gasteiger partial charge on any atom is 2.00 e. The molecule has 0 unspecified atom stereocenters. The second kappa shape index (κ2) is 18.6. The van der Waals surface area contributed by atoms with E-state index in [1.54, 1.807) is 0 Å². The number of nitrogen functional groups attached to an aromatic ring is 4. The Kier molecular flexibility index (Phi) is 15.0. The van der Waals surface area contributed by atoms with E-state index in [4.69, 9.17) is 22.9 Å². The van der Waals surface area contributed by atoms with Crippen LogP contribution in [0.2, 0.25) is 0 Å². The van der Waals surface area contributed by atoms with Crippen LogP contribution in [0.4, 0.5) is 23.8 Å². The molecule has 0 bridgehead atoms. The van der Waals surface area contributed by atoms with Crippen molar-refractivity contribution in [3.05, 3.63) is 91.0 Å². The van der Waals surface area contributed by atoms with Gasteiger partial charge in [0.15, 0.2) is 44.7 Å². The molecule has 0 radical (unpaired) electrons. The molecule has 8 heterocycles. The molecule has 8 aromatic heterocycles. The van der Waals surface area contributed by atoms with Crippen LogP contribution < -0.4 is 70.0 Å². The third-order valence-electron chi connectivity index (χ3n) is 5.45. The molecule has 0 aliphatic heterocycles. The Hall–Kier alpha value is -6.08. The Morgan fingerprint density at radius 2 is 0.529 bits per heavy atom. The Balaban J connectivity index is 0.000000231. The van der Waals surface area contributed by atoms with E-state index in [1.807, 2.05) is 0 Å². The number of hydrogen-bond acceptors (Lipinski definition) is 20. The summed E-state index contributed by atoms with van der Waals surface area (Å²) in [4.78, 5) is 99.4. The number of rotatable bonds is 0. The largest absolute Gasteiger partial charge is 2.00 e. The average Bonchev–Trinajstić information content (AvgIpc) is 3.05. The topological polar surface area (TPSA) is 390 Å². The molecule has 0 saturated carbocycles. The zero-order valence-corrected chi connectivity index (χ0v) is 29.1. The molecule has 0 amide bonds. The van der Waals surface area contributed by atoms with Crippen molar-refractivity contribution in [3.8, 4) is 0 Å². The van der Waals surface area contributed by atoms with Crippen LogP contribution in [0.25, 0.3) is 44.7 Å². The van der Waals surface area contributed by atoms with E-state index < -0.39 is 0 Å². The van der Waals surface area contributed by atoms with Gasteiger partial charge in [-0.25, -0.2) is 39.9 Å². The second-order valence-corrected chi connectivity index (χ2v) is 8.72. The molecule has 0 aromatic carbocycles. The molecule has 24 nitrogen and oxygen atoms in total. The first-order valence-electron chi connectivity index (χ1n) is 12.9. The summed E-state index contributed by atoms with van der Waals surface area (Å²) in [5, 5.41) is 0. The van der Waals surface area contributed by atoms with Gasteiger partial charge in [-0.05, 0) is 0 Å². The predicted octanol–water partition coefficient (Wildman–Crippen LogP) is -9.19. The van der Waals surface area contributed by atoms with Crippen molar-refractivity contribution < 1.29 is 24.8 Å². The summed E-state index contributed by atoms with van der Waals surface area (Å²) in [6.45, 7) is 0. The molecule has 0 aliphatic carbocycles. The van der Waals surface area contributed by atoms with E-state index in [9.17, 15) is 19.2 Å². The molecule has 0 atom stereocenters. The van der Waals surface area contributed by atoms with Gasteiger partial charge >= 0.3 is 37.7 Å². The van der Waals surface area contributed by atoms with E-state index in [2.05, 4.69) is 79.7 Å². The van der Waals surface area contributed by atoms with Gasteiger partial charge in [0, 0.05) is 49.6 Å². The van der Waals surface area contributed by atoms with Crippen molar-refractivity contribution in [1.82, 2.24) is 79.7 Å². The van der Waals surface area contributed by atoms with Crippen molar-refractivity contribution in [2.75, 3.05) is 22.9 Å². The van der Waals surface area contributed by atoms with Crippen LogP contribution in [0.5, 0.6) is 0 Å². The molecule has 0 spiro atoms. The van der Waals surface area contributed by atoms with Gasteiger partial charge in [-0.1, -0.05) is 0 Å². The van der Waals surface area contributed by atoms with Crippen molar-refractivity contribution in [3.63, 3.8) is 0 Å². The average molecular weight is 764 g/mol. The van der Waals surface area contributed by atoms with Gasteiger partial charge in [0.2, 0.25) is 23.8 Å². The first kappa shape index (κ1) is 41.1.